The number of aromatic nitrogens is 1. The molecule has 2 rings (SSSR count). The van der Waals surface area contributed by atoms with Crippen molar-refractivity contribution in [1.82, 2.24) is 5.16 Å². The normalized spacial score (nSPS) is 24.0. The lowest BCUT2D eigenvalue weighted by molar-refractivity contribution is 0.0964. The molecular formula is C8H9N5O2. The monoisotopic (exact) mass is 207 g/mol. The van der Waals surface area contributed by atoms with Crippen LogP contribution in [0, 0.1) is 0 Å². The number of azide groups is 1. The van der Waals surface area contributed by atoms with Crippen molar-refractivity contribution in [2.75, 3.05) is 0 Å². The molecule has 7 heteroatoms. The number of nitrogens with two attached hydrogens (primary N) is 1. The number of rotatable bonds is 3. The van der Waals surface area contributed by atoms with Gasteiger partial charge in [0.05, 0.1) is 5.69 Å². The molecule has 0 spiro atoms. The summed E-state index contributed by atoms with van der Waals surface area (Å²) in [4.78, 5) is 13.5. The number of carbonyl (C=O) groups is 1. The second-order valence-electron chi connectivity index (χ2n) is 3.51. The van der Waals surface area contributed by atoms with E-state index in [1.807, 2.05) is 0 Å². The minimum absolute atomic E-state index is 0.0359. The summed E-state index contributed by atoms with van der Waals surface area (Å²) in [6.45, 7) is 0. The number of nitrogens with zero attached hydrogens (tertiary/aromatic N) is 4. The molecule has 78 valence electrons. The van der Waals surface area contributed by atoms with Crippen LogP contribution < -0.4 is 5.73 Å². The van der Waals surface area contributed by atoms with Crippen molar-refractivity contribution < 1.29 is 9.32 Å². The van der Waals surface area contributed by atoms with Crippen LogP contribution in [0.15, 0.2) is 15.7 Å². The van der Waals surface area contributed by atoms with Gasteiger partial charge in [0.1, 0.15) is 0 Å². The zero-order chi connectivity index (χ0) is 10.8. The summed E-state index contributed by atoms with van der Waals surface area (Å²) >= 11 is 0. The maximum Gasteiger partial charge on any atom is 0.287 e. The summed E-state index contributed by atoms with van der Waals surface area (Å²) in [5.74, 6) is -0.353. The Labute approximate surface area is 84.9 Å². The SMILES string of the molecule is [N-]=[N+]=NC1CC(c2cc(C(N)=O)on2)C1. The first-order valence-corrected chi connectivity index (χ1v) is 4.51. The van der Waals surface area contributed by atoms with Gasteiger partial charge in [-0.05, 0) is 18.4 Å². The summed E-state index contributed by atoms with van der Waals surface area (Å²) in [7, 11) is 0. The first-order chi connectivity index (χ1) is 7.20. The van der Waals surface area contributed by atoms with Crippen molar-refractivity contribution in [3.05, 3.63) is 28.0 Å². The zero-order valence-corrected chi connectivity index (χ0v) is 7.83. The van der Waals surface area contributed by atoms with Crippen LogP contribution in [0.5, 0.6) is 0 Å². The molecule has 0 atom stereocenters. The van der Waals surface area contributed by atoms with E-state index in [9.17, 15) is 4.79 Å². The average molecular weight is 207 g/mol. The molecule has 7 nitrogen and oxygen atoms in total. The number of hydrogen-bond acceptors (Lipinski definition) is 4. The van der Waals surface area contributed by atoms with Crippen LogP contribution in [0.4, 0.5) is 0 Å². The van der Waals surface area contributed by atoms with E-state index in [0.29, 0.717) is 5.69 Å². The van der Waals surface area contributed by atoms with Crippen LogP contribution >= 0.6 is 0 Å². The second kappa shape index (κ2) is 3.62. The highest BCUT2D eigenvalue weighted by atomic mass is 16.5. The van der Waals surface area contributed by atoms with E-state index in [0.717, 1.165) is 12.8 Å². The molecule has 1 aliphatic rings. The van der Waals surface area contributed by atoms with Gasteiger partial charge in [0.25, 0.3) is 5.91 Å². The first-order valence-electron chi connectivity index (χ1n) is 4.51. The summed E-state index contributed by atoms with van der Waals surface area (Å²) < 4.78 is 4.75. The molecule has 0 aliphatic heterocycles. The van der Waals surface area contributed by atoms with E-state index >= 15 is 0 Å². The quantitative estimate of drug-likeness (QED) is 0.457. The molecule has 2 N–H and O–H groups in total. The van der Waals surface area contributed by atoms with Crippen LogP contribution in [0.2, 0.25) is 0 Å². The Morgan fingerprint density at radius 1 is 1.73 bits per heavy atom. The fraction of sp³-hybridized carbons (Fsp3) is 0.500. The molecule has 15 heavy (non-hydrogen) atoms. The van der Waals surface area contributed by atoms with E-state index in [-0.39, 0.29) is 17.7 Å². The summed E-state index contributed by atoms with van der Waals surface area (Å²) in [5, 5.41) is 7.32. The molecule has 1 saturated carbocycles. The van der Waals surface area contributed by atoms with Crippen LogP contribution in [0.25, 0.3) is 10.4 Å². The van der Waals surface area contributed by atoms with Crippen LogP contribution in [0.1, 0.15) is 35.0 Å². The van der Waals surface area contributed by atoms with E-state index in [1.54, 1.807) is 6.07 Å². The van der Waals surface area contributed by atoms with E-state index < -0.39 is 5.91 Å². The predicted octanol–water partition coefficient (Wildman–Crippen LogP) is 1.33. The molecule has 1 heterocycles. The lowest BCUT2D eigenvalue weighted by atomic mass is 9.79. The minimum atomic E-state index is -0.625. The third-order valence-electron chi connectivity index (χ3n) is 2.52. The maximum atomic E-state index is 10.7. The molecule has 1 aromatic heterocycles. The third kappa shape index (κ3) is 1.77. The zero-order valence-electron chi connectivity index (χ0n) is 7.83. The molecule has 1 fully saturated rings. The number of amides is 1. The minimum Gasteiger partial charge on any atom is -0.363 e. The number of primary amides is 1. The fourth-order valence-corrected chi connectivity index (χ4v) is 1.59. The molecule has 1 amide bonds. The Hall–Kier alpha value is -2.01. The van der Waals surface area contributed by atoms with Crippen molar-refractivity contribution in [3.8, 4) is 0 Å². The average Bonchev–Trinajstić information content (AvgIpc) is 2.59. The smallest absolute Gasteiger partial charge is 0.287 e. The Morgan fingerprint density at radius 3 is 3.00 bits per heavy atom. The maximum absolute atomic E-state index is 10.7. The van der Waals surface area contributed by atoms with Crippen molar-refractivity contribution in [2.45, 2.75) is 24.8 Å². The van der Waals surface area contributed by atoms with Crippen molar-refractivity contribution in [3.63, 3.8) is 0 Å². The van der Waals surface area contributed by atoms with Gasteiger partial charge in [-0.25, -0.2) is 0 Å². The van der Waals surface area contributed by atoms with Crippen LogP contribution in [-0.2, 0) is 0 Å². The molecule has 0 radical (unpaired) electrons. The molecule has 0 bridgehead atoms. The van der Waals surface area contributed by atoms with Gasteiger partial charge in [0.15, 0.2) is 0 Å². The summed E-state index contributed by atoms with van der Waals surface area (Å²) in [5.41, 5.74) is 13.9. The van der Waals surface area contributed by atoms with Gasteiger partial charge in [-0.15, -0.1) is 0 Å². The molecular weight excluding hydrogens is 198 g/mol. The van der Waals surface area contributed by atoms with Crippen molar-refractivity contribution in [1.29, 1.82) is 0 Å². The highest BCUT2D eigenvalue weighted by molar-refractivity contribution is 5.89. The van der Waals surface area contributed by atoms with Gasteiger partial charge in [0, 0.05) is 22.9 Å². The van der Waals surface area contributed by atoms with Gasteiger partial charge in [0.2, 0.25) is 5.76 Å². The Morgan fingerprint density at radius 2 is 2.47 bits per heavy atom. The number of carbonyl (C=O) groups excluding carboxylic acids is 1. The van der Waals surface area contributed by atoms with Crippen LogP contribution in [0.3, 0.4) is 0 Å². The van der Waals surface area contributed by atoms with Gasteiger partial charge in [-0.2, -0.15) is 0 Å². The lowest BCUT2D eigenvalue weighted by Gasteiger charge is -2.29. The molecule has 1 aromatic rings. The first kappa shape index (κ1) is 9.54. The molecule has 0 saturated heterocycles. The summed E-state index contributed by atoms with van der Waals surface area (Å²) in [6, 6.07) is 1.58. The van der Waals surface area contributed by atoms with Crippen molar-refractivity contribution >= 4 is 5.91 Å². The molecule has 0 unspecified atom stereocenters. The van der Waals surface area contributed by atoms with E-state index in [1.165, 1.54) is 0 Å². The Bertz CT molecular complexity index is 428. The molecule has 0 aromatic carbocycles. The lowest BCUT2D eigenvalue weighted by Crippen LogP contribution is -2.24. The standard InChI is InChI=1S/C8H9N5O2/c9-8(14)7-3-6(12-15-7)4-1-5(2-4)11-13-10/h3-5H,1-2H2,(H2,9,14). The van der Waals surface area contributed by atoms with E-state index in [4.69, 9.17) is 15.8 Å². The van der Waals surface area contributed by atoms with Gasteiger partial charge in [-0.1, -0.05) is 10.3 Å². The largest absolute Gasteiger partial charge is 0.363 e. The third-order valence-corrected chi connectivity index (χ3v) is 2.52. The topological polar surface area (TPSA) is 118 Å². The Kier molecular flexibility index (Phi) is 2.31. The van der Waals surface area contributed by atoms with Gasteiger partial charge >= 0.3 is 0 Å². The Balaban J connectivity index is 2.01. The highest BCUT2D eigenvalue weighted by Crippen LogP contribution is 2.38. The van der Waals surface area contributed by atoms with Crippen LogP contribution in [-0.4, -0.2) is 17.1 Å². The summed E-state index contributed by atoms with van der Waals surface area (Å²) in [6.07, 6.45) is 1.49. The van der Waals surface area contributed by atoms with Gasteiger partial charge in [-0.3, -0.25) is 4.79 Å². The number of hydrogen-bond donors (Lipinski definition) is 1. The molecule has 1 aliphatic carbocycles. The second-order valence-corrected chi connectivity index (χ2v) is 3.51. The van der Waals surface area contributed by atoms with Gasteiger partial charge < -0.3 is 10.3 Å². The highest BCUT2D eigenvalue weighted by Gasteiger charge is 2.32. The fourth-order valence-electron chi connectivity index (χ4n) is 1.59. The predicted molar refractivity (Wildman–Crippen MR) is 49.9 cm³/mol. The van der Waals surface area contributed by atoms with Crippen molar-refractivity contribution in [2.24, 2.45) is 10.8 Å². The van der Waals surface area contributed by atoms with E-state index in [2.05, 4.69) is 15.2 Å².